The summed E-state index contributed by atoms with van der Waals surface area (Å²) in [6.07, 6.45) is 6.89. The maximum absolute atomic E-state index is 4.61. The van der Waals surface area contributed by atoms with E-state index in [-0.39, 0.29) is 0 Å². The topological polar surface area (TPSA) is 34.0 Å². The predicted octanol–water partition coefficient (Wildman–Crippen LogP) is 3.65. The summed E-state index contributed by atoms with van der Waals surface area (Å²) in [4.78, 5) is 6.97. The van der Waals surface area contributed by atoms with Gasteiger partial charge in [-0.1, -0.05) is 24.3 Å². The van der Waals surface area contributed by atoms with Crippen LogP contribution in [0.5, 0.6) is 0 Å². The van der Waals surface area contributed by atoms with E-state index in [1.807, 2.05) is 18.6 Å². The summed E-state index contributed by atoms with van der Waals surface area (Å²) in [5.41, 5.74) is 0. The summed E-state index contributed by atoms with van der Waals surface area (Å²) < 4.78 is 3.08. The summed E-state index contributed by atoms with van der Waals surface area (Å²) in [5.74, 6) is 1.09. The van der Waals surface area contributed by atoms with Crippen molar-refractivity contribution in [1.29, 1.82) is 0 Å². The number of fused-ring (bicyclic) bond motifs is 1. The molecule has 1 aromatic carbocycles. The highest BCUT2D eigenvalue weighted by atomic mass is 79.9. The van der Waals surface area contributed by atoms with E-state index in [4.69, 9.17) is 0 Å². The molecule has 1 unspecified atom stereocenters. The van der Waals surface area contributed by atoms with Crippen LogP contribution in [-0.4, -0.2) is 27.9 Å². The second-order valence-corrected chi connectivity index (χ2v) is 6.30. The van der Waals surface area contributed by atoms with Crippen LogP contribution in [0.25, 0.3) is 10.8 Å². The van der Waals surface area contributed by atoms with Crippen molar-refractivity contribution in [2.24, 2.45) is 0 Å². The number of aromatic nitrogens is 3. The number of benzene rings is 1. The van der Waals surface area contributed by atoms with Gasteiger partial charge < -0.3 is 4.90 Å². The van der Waals surface area contributed by atoms with Crippen LogP contribution in [0.2, 0.25) is 0 Å². The molecule has 106 valence electrons. The Bertz CT molecular complexity index is 777. The highest BCUT2D eigenvalue weighted by Crippen LogP contribution is 2.30. The second-order valence-electron chi connectivity index (χ2n) is 5.38. The van der Waals surface area contributed by atoms with Crippen molar-refractivity contribution < 1.29 is 0 Å². The van der Waals surface area contributed by atoms with E-state index in [0.717, 1.165) is 29.8 Å². The molecule has 21 heavy (non-hydrogen) atoms. The van der Waals surface area contributed by atoms with Crippen LogP contribution in [0.1, 0.15) is 12.5 Å². The van der Waals surface area contributed by atoms with E-state index in [1.165, 1.54) is 10.8 Å². The first-order valence-corrected chi connectivity index (χ1v) is 7.89. The minimum atomic E-state index is 0.414. The van der Waals surface area contributed by atoms with Gasteiger partial charge in [0.2, 0.25) is 0 Å². The van der Waals surface area contributed by atoms with Crippen molar-refractivity contribution in [2.45, 2.75) is 12.5 Å². The Kier molecular flexibility index (Phi) is 3.15. The Morgan fingerprint density at radius 1 is 1.19 bits per heavy atom. The molecule has 0 aliphatic carbocycles. The first kappa shape index (κ1) is 12.8. The smallest absolute Gasteiger partial charge is 0.136 e. The highest BCUT2D eigenvalue weighted by molar-refractivity contribution is 9.10. The van der Waals surface area contributed by atoms with Crippen LogP contribution >= 0.6 is 15.9 Å². The third kappa shape index (κ3) is 2.31. The molecule has 1 atom stereocenters. The lowest BCUT2D eigenvalue weighted by molar-refractivity contribution is 0.494. The van der Waals surface area contributed by atoms with Gasteiger partial charge in [-0.3, -0.25) is 4.68 Å². The first-order valence-electron chi connectivity index (χ1n) is 7.09. The van der Waals surface area contributed by atoms with E-state index >= 15 is 0 Å². The van der Waals surface area contributed by atoms with Crippen molar-refractivity contribution in [2.75, 3.05) is 18.0 Å². The van der Waals surface area contributed by atoms with Crippen LogP contribution in [0.4, 0.5) is 5.82 Å². The number of pyridine rings is 1. The van der Waals surface area contributed by atoms with Crippen molar-refractivity contribution >= 4 is 32.5 Å². The van der Waals surface area contributed by atoms with Gasteiger partial charge in [0.05, 0.1) is 16.7 Å². The number of hydrogen-bond acceptors (Lipinski definition) is 3. The minimum absolute atomic E-state index is 0.414. The molecule has 0 bridgehead atoms. The van der Waals surface area contributed by atoms with Crippen molar-refractivity contribution in [3.8, 4) is 0 Å². The molecular formula is C16H15BrN4. The van der Waals surface area contributed by atoms with Gasteiger partial charge in [0, 0.05) is 30.9 Å². The lowest BCUT2D eigenvalue weighted by atomic mass is 10.1. The van der Waals surface area contributed by atoms with Gasteiger partial charge >= 0.3 is 0 Å². The average molecular weight is 343 g/mol. The molecule has 5 heteroatoms. The Morgan fingerprint density at radius 3 is 2.95 bits per heavy atom. The quantitative estimate of drug-likeness (QED) is 0.712. The second kappa shape index (κ2) is 5.15. The number of nitrogens with zero attached hydrogens (tertiary/aromatic N) is 4. The molecule has 4 nitrogen and oxygen atoms in total. The van der Waals surface area contributed by atoms with E-state index in [0.29, 0.717) is 6.04 Å². The van der Waals surface area contributed by atoms with Gasteiger partial charge in [0.1, 0.15) is 5.82 Å². The summed E-state index contributed by atoms with van der Waals surface area (Å²) in [7, 11) is 0. The van der Waals surface area contributed by atoms with Crippen LogP contribution in [0, 0.1) is 0 Å². The van der Waals surface area contributed by atoms with Crippen LogP contribution in [0.3, 0.4) is 0 Å². The predicted molar refractivity (Wildman–Crippen MR) is 87.5 cm³/mol. The molecule has 4 rings (SSSR count). The van der Waals surface area contributed by atoms with Crippen molar-refractivity contribution in [3.63, 3.8) is 0 Å². The monoisotopic (exact) mass is 342 g/mol. The van der Waals surface area contributed by atoms with Crippen molar-refractivity contribution in [1.82, 2.24) is 14.8 Å². The third-order valence-corrected chi connectivity index (χ3v) is 4.47. The number of halogens is 1. The number of anilines is 1. The van der Waals surface area contributed by atoms with Gasteiger partial charge in [0.25, 0.3) is 0 Å². The van der Waals surface area contributed by atoms with Gasteiger partial charge in [0.15, 0.2) is 0 Å². The van der Waals surface area contributed by atoms with Gasteiger partial charge in [-0.15, -0.1) is 0 Å². The molecule has 0 N–H and O–H groups in total. The maximum atomic E-state index is 4.61. The zero-order valence-electron chi connectivity index (χ0n) is 11.5. The van der Waals surface area contributed by atoms with E-state index < -0.39 is 0 Å². The Morgan fingerprint density at radius 2 is 2.10 bits per heavy atom. The lowest BCUT2D eigenvalue weighted by Gasteiger charge is -2.19. The van der Waals surface area contributed by atoms with Crippen molar-refractivity contribution in [3.05, 3.63) is 53.4 Å². The molecule has 3 aromatic rings. The average Bonchev–Trinajstić information content (AvgIpc) is 3.15. The fraction of sp³-hybridized carbons (Fsp3) is 0.250. The summed E-state index contributed by atoms with van der Waals surface area (Å²) >= 11 is 3.46. The molecule has 1 saturated heterocycles. The summed E-state index contributed by atoms with van der Waals surface area (Å²) in [6, 6.07) is 10.9. The van der Waals surface area contributed by atoms with E-state index in [1.54, 1.807) is 0 Å². The summed E-state index contributed by atoms with van der Waals surface area (Å²) in [5, 5.41) is 6.88. The SMILES string of the molecule is Brc1cnn(C2CCN(c3nccc4ccccc34)C2)c1. The molecule has 0 amide bonds. The molecule has 3 heterocycles. The molecular weight excluding hydrogens is 328 g/mol. The zero-order chi connectivity index (χ0) is 14.2. The molecule has 0 radical (unpaired) electrons. The van der Waals surface area contributed by atoms with E-state index in [2.05, 4.69) is 65.9 Å². The Hall–Kier alpha value is -1.88. The van der Waals surface area contributed by atoms with Gasteiger partial charge in [-0.25, -0.2) is 4.98 Å². The normalized spacial score (nSPS) is 18.5. The molecule has 1 aliphatic rings. The maximum Gasteiger partial charge on any atom is 0.136 e. The van der Waals surface area contributed by atoms with E-state index in [9.17, 15) is 0 Å². The molecule has 2 aromatic heterocycles. The Balaban J connectivity index is 1.65. The lowest BCUT2D eigenvalue weighted by Crippen LogP contribution is -2.22. The van der Waals surface area contributed by atoms with Gasteiger partial charge in [-0.2, -0.15) is 5.10 Å². The minimum Gasteiger partial charge on any atom is -0.354 e. The van der Waals surface area contributed by atoms with Crippen LogP contribution in [0.15, 0.2) is 53.4 Å². The van der Waals surface area contributed by atoms with Gasteiger partial charge in [-0.05, 0) is 33.8 Å². The molecule has 0 spiro atoms. The van der Waals surface area contributed by atoms with Crippen LogP contribution < -0.4 is 4.90 Å². The fourth-order valence-corrected chi connectivity index (χ4v) is 3.32. The Labute approximate surface area is 131 Å². The standard InChI is InChI=1S/C16H15BrN4/c17-13-9-19-21(10-13)14-6-8-20(11-14)16-15-4-2-1-3-12(15)5-7-18-16/h1-5,7,9-10,14H,6,8,11H2. The largest absolute Gasteiger partial charge is 0.354 e. The van der Waals surface area contributed by atoms with Crippen LogP contribution in [-0.2, 0) is 0 Å². The summed E-state index contributed by atoms with van der Waals surface area (Å²) in [6.45, 7) is 1.97. The molecule has 1 aliphatic heterocycles. The fourth-order valence-electron chi connectivity index (χ4n) is 3.02. The molecule has 1 fully saturated rings. The third-order valence-electron chi connectivity index (χ3n) is 4.06. The number of rotatable bonds is 2. The molecule has 0 saturated carbocycles. The number of hydrogen-bond donors (Lipinski definition) is 0. The highest BCUT2D eigenvalue weighted by Gasteiger charge is 2.26. The first-order chi connectivity index (χ1) is 10.3. The zero-order valence-corrected chi connectivity index (χ0v) is 13.1.